The van der Waals surface area contributed by atoms with E-state index in [-0.39, 0.29) is 46.3 Å². The molecule has 1 radical (unpaired) electrons. The molecule has 0 N–H and O–H groups in total. The van der Waals surface area contributed by atoms with E-state index in [0.717, 1.165) is 0 Å². The van der Waals surface area contributed by atoms with Gasteiger partial charge in [-0.2, -0.15) is 0 Å². The van der Waals surface area contributed by atoms with Crippen molar-refractivity contribution in [1.29, 1.82) is 0 Å². The summed E-state index contributed by atoms with van der Waals surface area (Å²) in [6.45, 7) is 0. The van der Waals surface area contributed by atoms with E-state index in [4.69, 9.17) is 46.0 Å². The average molecular weight is 268 g/mol. The molecule has 0 rings (SSSR count). The average Bonchev–Trinajstić information content (AvgIpc) is 1.54. The third kappa shape index (κ3) is 1420. The summed E-state index contributed by atoms with van der Waals surface area (Å²) in [5, 5.41) is 44.2. The predicted molar refractivity (Wildman–Crippen MR) is 31.1 cm³/mol. The van der Waals surface area contributed by atoms with Crippen molar-refractivity contribution in [2.24, 2.45) is 0 Å². The van der Waals surface area contributed by atoms with Gasteiger partial charge in [0.05, 0.1) is 15.3 Å². The van der Waals surface area contributed by atoms with Crippen molar-refractivity contribution >= 4 is 0 Å². The maximum atomic E-state index is 8.25. The molecule has 0 unspecified atom stereocenters. The van der Waals surface area contributed by atoms with Gasteiger partial charge in [0, 0.05) is 0 Å². The molecule has 0 spiro atoms. The van der Waals surface area contributed by atoms with Gasteiger partial charge in [-0.25, -0.2) is 0 Å². The van der Waals surface area contributed by atoms with Gasteiger partial charge in [0.1, 0.15) is 0 Å². The van der Waals surface area contributed by atoms with Crippen LogP contribution in [0.25, 0.3) is 0 Å². The monoisotopic (exact) mass is 268 g/mol. The maximum absolute atomic E-state index is 8.25. The second-order valence-corrected chi connectivity index (χ2v) is 0.671. The Morgan fingerprint density at radius 2 is 0.571 bits per heavy atom. The van der Waals surface area contributed by atoms with Crippen LogP contribution < -0.4 is 29.6 Å². The van der Waals surface area contributed by atoms with Crippen molar-refractivity contribution in [2.75, 3.05) is 0 Å². The molecule has 0 aromatic rings. The van der Waals surface area contributed by atoms with Crippen LogP contribution in [0.5, 0.6) is 0 Å². The van der Waals surface area contributed by atoms with E-state index in [1.165, 1.54) is 0 Å². The summed E-state index contributed by atoms with van der Waals surface area (Å²) in [5.74, 6) is 0. The topological polar surface area (TPSA) is 199 Å². The van der Waals surface area contributed by atoms with Gasteiger partial charge >= 0.3 is 46.3 Å². The van der Waals surface area contributed by atoms with Gasteiger partial charge in [-0.1, -0.05) is 0 Å². The fraction of sp³-hybridized carbons (Fsp3) is 0. The van der Waals surface area contributed by atoms with Crippen molar-refractivity contribution in [1.82, 2.24) is 0 Å². The number of rotatable bonds is 0. The molecule has 12 nitrogen and oxygen atoms in total. The number of hydrogen-bond donors (Lipinski definition) is 0. The van der Waals surface area contributed by atoms with Crippen molar-refractivity contribution in [2.45, 2.75) is 0 Å². The molecule has 0 saturated carbocycles. The summed E-state index contributed by atoms with van der Waals surface area (Å²) in [7, 11) is 0. The molecular weight excluding hydrogens is 268 g/mol. The summed E-state index contributed by atoms with van der Waals surface area (Å²) < 4.78 is 0. The van der Waals surface area contributed by atoms with Crippen LogP contribution in [0.1, 0.15) is 0 Å². The van der Waals surface area contributed by atoms with E-state index >= 15 is 0 Å². The zero-order valence-electron chi connectivity index (χ0n) is 6.35. The zero-order chi connectivity index (χ0) is 10.7. The molecule has 0 heterocycles. The molecule has 0 aliphatic heterocycles. The molecule has 0 amide bonds. The normalized spacial score (nSPS) is 5.14. The second-order valence-electron chi connectivity index (χ2n) is 0.671. The fourth-order valence-electron chi connectivity index (χ4n) is 0. The quantitative estimate of drug-likeness (QED) is 0.240. The Labute approximate surface area is 107 Å². The Bertz CT molecular complexity index is 118. The smallest absolute Gasteiger partial charge is 0.356 e. The van der Waals surface area contributed by atoms with E-state index in [2.05, 4.69) is 0 Å². The summed E-state index contributed by atoms with van der Waals surface area (Å²) in [6.07, 6.45) is 0. The molecule has 0 fully saturated rings. The summed E-state index contributed by atoms with van der Waals surface area (Å²) in [6, 6.07) is 0. The summed E-state index contributed by atoms with van der Waals surface area (Å²) >= 11 is 0. The van der Waals surface area contributed by atoms with Crippen LogP contribution in [0.2, 0.25) is 0 Å². The van der Waals surface area contributed by atoms with Crippen molar-refractivity contribution in [3.63, 3.8) is 0 Å². The minimum absolute atomic E-state index is 0. The van der Waals surface area contributed by atoms with Gasteiger partial charge in [-0.05, 0) is 0 Å². The Balaban J connectivity index is -0.0000000270. The third-order valence-corrected chi connectivity index (χ3v) is 0. The largest absolute Gasteiger partial charge is 2.00 e. The van der Waals surface area contributed by atoms with E-state index in [9.17, 15) is 0 Å². The Hall–Kier alpha value is -0.894. The molecule has 0 saturated heterocycles. The van der Waals surface area contributed by atoms with Crippen molar-refractivity contribution in [3.05, 3.63) is 46.0 Å². The first-order chi connectivity index (χ1) is 5.20. The van der Waals surface area contributed by atoms with Gasteiger partial charge in [0.2, 0.25) is 0 Å². The second kappa shape index (κ2) is 22.7. The van der Waals surface area contributed by atoms with E-state index < -0.39 is 15.3 Å². The Kier molecular flexibility index (Phi) is 47.4. The standard InChI is InChI=1S/Co.3NO3.Na/c;3*2-1(3)4;/q+2;3*-1;+1. The number of hydrogen-bond acceptors (Lipinski definition) is 9. The van der Waals surface area contributed by atoms with Crippen LogP contribution >= 0.6 is 0 Å². The molecule has 0 aliphatic carbocycles. The van der Waals surface area contributed by atoms with Gasteiger partial charge in [0.25, 0.3) is 0 Å². The molecular formula is CoN3NaO9. The van der Waals surface area contributed by atoms with Crippen LogP contribution in [-0.4, -0.2) is 15.3 Å². The number of nitrogens with zero attached hydrogens (tertiary/aromatic N) is 3. The Morgan fingerprint density at radius 1 is 0.571 bits per heavy atom. The maximum Gasteiger partial charge on any atom is 2.00 e. The van der Waals surface area contributed by atoms with E-state index in [0.29, 0.717) is 0 Å². The van der Waals surface area contributed by atoms with Gasteiger partial charge in [-0.3, -0.25) is 0 Å². The molecule has 0 aromatic carbocycles. The minimum atomic E-state index is -1.75. The SMILES string of the molecule is O=[N+]([O-])[O-].O=[N+]([O-])[O-].O=[N+]([O-])[O-].[Co+2].[Na+]. The van der Waals surface area contributed by atoms with Crippen molar-refractivity contribution in [3.8, 4) is 0 Å². The third-order valence-electron chi connectivity index (χ3n) is 0. The first-order valence-corrected chi connectivity index (χ1v) is 1.64. The van der Waals surface area contributed by atoms with E-state index in [1.807, 2.05) is 0 Å². The zero-order valence-corrected chi connectivity index (χ0v) is 9.39. The first-order valence-electron chi connectivity index (χ1n) is 1.64. The van der Waals surface area contributed by atoms with Crippen LogP contribution in [0.3, 0.4) is 0 Å². The van der Waals surface area contributed by atoms with Crippen LogP contribution in [0.4, 0.5) is 0 Å². The molecule has 0 aromatic heterocycles. The molecule has 0 bridgehead atoms. The summed E-state index contributed by atoms with van der Waals surface area (Å²) in [4.78, 5) is 24.8. The van der Waals surface area contributed by atoms with Crippen LogP contribution in [-0.2, 0) is 16.8 Å². The first kappa shape index (κ1) is 29.2. The van der Waals surface area contributed by atoms with Gasteiger partial charge in [-0.15, -0.1) is 0 Å². The van der Waals surface area contributed by atoms with E-state index in [1.54, 1.807) is 0 Å². The van der Waals surface area contributed by atoms with Crippen LogP contribution in [0.15, 0.2) is 0 Å². The van der Waals surface area contributed by atoms with Gasteiger partial charge < -0.3 is 46.0 Å². The van der Waals surface area contributed by atoms with Crippen molar-refractivity contribution < 1.29 is 61.6 Å². The minimum Gasteiger partial charge on any atom is -0.356 e. The fourth-order valence-corrected chi connectivity index (χ4v) is 0. The summed E-state index contributed by atoms with van der Waals surface area (Å²) in [5.41, 5.74) is 0. The Morgan fingerprint density at radius 3 is 0.571 bits per heavy atom. The van der Waals surface area contributed by atoms with Crippen LogP contribution in [0, 0.1) is 46.0 Å². The molecule has 14 heavy (non-hydrogen) atoms. The molecule has 14 heteroatoms. The molecule has 0 aliphatic rings. The molecule has 79 valence electrons. The molecule has 0 atom stereocenters. The van der Waals surface area contributed by atoms with Gasteiger partial charge in [0.15, 0.2) is 0 Å². The predicted octanol–water partition coefficient (Wildman–Crippen LogP) is -3.72.